The number of benzene rings is 1. The Morgan fingerprint density at radius 1 is 1.07 bits per heavy atom. The van der Waals surface area contributed by atoms with Gasteiger partial charge in [-0.1, -0.05) is 0 Å². The summed E-state index contributed by atoms with van der Waals surface area (Å²) in [5.74, 6) is 2.83. The van der Waals surface area contributed by atoms with Gasteiger partial charge in [0.25, 0.3) is 0 Å². The molecular formula is C23H26ClNO5. The molecule has 0 radical (unpaired) electrons. The molecule has 30 heavy (non-hydrogen) atoms. The van der Waals surface area contributed by atoms with Gasteiger partial charge in [0.1, 0.15) is 0 Å². The number of esters is 1. The average molecular weight is 432 g/mol. The number of cyclic esters (lactones) is 1. The van der Waals surface area contributed by atoms with Gasteiger partial charge in [-0.15, -0.1) is 11.6 Å². The lowest BCUT2D eigenvalue weighted by Gasteiger charge is -2.59. The first kappa shape index (κ1) is 19.7. The molecule has 5 aliphatic rings. The van der Waals surface area contributed by atoms with Crippen LogP contribution in [0.5, 0.6) is 17.2 Å². The van der Waals surface area contributed by atoms with Gasteiger partial charge in [0, 0.05) is 15.9 Å². The lowest BCUT2D eigenvalue weighted by molar-refractivity contribution is -0.131. The fraction of sp³-hybridized carbons (Fsp3) is 0.565. The molecule has 6 nitrogen and oxygen atoms in total. The molecule has 4 fully saturated rings. The van der Waals surface area contributed by atoms with Crippen LogP contribution < -0.4 is 14.2 Å². The van der Waals surface area contributed by atoms with Crippen molar-refractivity contribution in [2.75, 3.05) is 21.3 Å². The number of nitrogens with zero attached hydrogens (tertiary/aromatic N) is 1. The third kappa shape index (κ3) is 2.99. The number of aliphatic imine (C=N–C) groups is 1. The average Bonchev–Trinajstić information content (AvgIpc) is 3.07. The van der Waals surface area contributed by atoms with Gasteiger partial charge in [0.2, 0.25) is 11.6 Å². The largest absolute Gasteiger partial charge is 0.493 e. The zero-order chi connectivity index (χ0) is 21.1. The molecule has 4 aliphatic carbocycles. The quantitative estimate of drug-likeness (QED) is 0.387. The molecule has 1 aromatic rings. The fourth-order valence-corrected chi connectivity index (χ4v) is 7.11. The number of carbonyl (C=O) groups is 1. The van der Waals surface area contributed by atoms with Crippen molar-refractivity contribution in [1.29, 1.82) is 0 Å². The molecule has 0 spiro atoms. The Labute approximate surface area is 181 Å². The molecule has 0 amide bonds. The molecule has 0 saturated heterocycles. The molecule has 4 bridgehead atoms. The van der Waals surface area contributed by atoms with Gasteiger partial charge in [-0.05, 0) is 68.6 Å². The van der Waals surface area contributed by atoms with Gasteiger partial charge in [-0.25, -0.2) is 9.79 Å². The van der Waals surface area contributed by atoms with Crippen LogP contribution in [0, 0.1) is 17.3 Å². The topological polar surface area (TPSA) is 66.4 Å². The molecule has 4 saturated carbocycles. The Hall–Kier alpha value is -2.21. The molecule has 1 aliphatic heterocycles. The minimum atomic E-state index is -0.429. The Bertz CT molecular complexity index is 955. The van der Waals surface area contributed by atoms with E-state index in [2.05, 4.69) is 4.99 Å². The second-order valence-electron chi connectivity index (χ2n) is 9.15. The summed E-state index contributed by atoms with van der Waals surface area (Å²) in [7, 11) is 4.66. The van der Waals surface area contributed by atoms with Crippen LogP contribution in [0.25, 0.3) is 6.08 Å². The highest BCUT2D eigenvalue weighted by molar-refractivity contribution is 6.24. The van der Waals surface area contributed by atoms with Crippen LogP contribution in [0.2, 0.25) is 0 Å². The van der Waals surface area contributed by atoms with E-state index >= 15 is 0 Å². The molecule has 0 N–H and O–H groups in total. The van der Waals surface area contributed by atoms with Gasteiger partial charge in [-0.3, -0.25) is 0 Å². The van der Waals surface area contributed by atoms with E-state index in [1.165, 1.54) is 6.42 Å². The normalized spacial score (nSPS) is 35.4. The van der Waals surface area contributed by atoms with E-state index in [9.17, 15) is 4.79 Å². The van der Waals surface area contributed by atoms with E-state index in [-0.39, 0.29) is 16.0 Å². The Morgan fingerprint density at radius 3 is 2.37 bits per heavy atom. The van der Waals surface area contributed by atoms with Crippen molar-refractivity contribution >= 4 is 29.5 Å². The van der Waals surface area contributed by atoms with Crippen LogP contribution in [-0.2, 0) is 9.53 Å². The summed E-state index contributed by atoms with van der Waals surface area (Å²) in [6, 6.07) is 3.58. The number of hydrogen-bond donors (Lipinski definition) is 0. The van der Waals surface area contributed by atoms with Crippen molar-refractivity contribution in [3.8, 4) is 17.2 Å². The summed E-state index contributed by atoms with van der Waals surface area (Å²) in [5, 5.41) is 0. The SMILES string of the molecule is COc1ccc(/C=C2/N=C(C34CC5CC(CC(Cl)(C5)C3)C4)OC2=O)c(OC)c1OC. The molecule has 7 heteroatoms. The first-order valence-corrected chi connectivity index (χ1v) is 10.8. The predicted octanol–water partition coefficient (Wildman–Crippen LogP) is 4.59. The molecule has 0 aromatic heterocycles. The summed E-state index contributed by atoms with van der Waals surface area (Å²) in [6.45, 7) is 0. The van der Waals surface area contributed by atoms with Crippen molar-refractivity contribution in [3.05, 3.63) is 23.4 Å². The van der Waals surface area contributed by atoms with Crippen LogP contribution in [0.1, 0.15) is 44.1 Å². The maximum Gasteiger partial charge on any atom is 0.363 e. The summed E-state index contributed by atoms with van der Waals surface area (Å²) in [4.78, 5) is 17.2. The smallest absolute Gasteiger partial charge is 0.363 e. The van der Waals surface area contributed by atoms with Crippen molar-refractivity contribution in [2.45, 2.75) is 43.4 Å². The van der Waals surface area contributed by atoms with Crippen molar-refractivity contribution in [1.82, 2.24) is 0 Å². The van der Waals surface area contributed by atoms with E-state index in [1.54, 1.807) is 33.5 Å². The molecule has 2 atom stereocenters. The third-order valence-electron chi connectivity index (χ3n) is 7.09. The van der Waals surface area contributed by atoms with Crippen LogP contribution in [0.3, 0.4) is 0 Å². The van der Waals surface area contributed by atoms with E-state index < -0.39 is 5.97 Å². The number of rotatable bonds is 5. The first-order valence-electron chi connectivity index (χ1n) is 10.4. The number of carbonyl (C=O) groups excluding carboxylic acids is 1. The summed E-state index contributed by atoms with van der Waals surface area (Å²) >= 11 is 6.95. The van der Waals surface area contributed by atoms with Gasteiger partial charge < -0.3 is 18.9 Å². The highest BCUT2D eigenvalue weighted by Crippen LogP contribution is 2.64. The maximum absolute atomic E-state index is 12.7. The number of methoxy groups -OCH3 is 3. The van der Waals surface area contributed by atoms with Gasteiger partial charge in [0.15, 0.2) is 17.2 Å². The molecule has 1 heterocycles. The van der Waals surface area contributed by atoms with Crippen molar-refractivity contribution in [3.63, 3.8) is 0 Å². The zero-order valence-electron chi connectivity index (χ0n) is 17.5. The van der Waals surface area contributed by atoms with Gasteiger partial charge >= 0.3 is 5.97 Å². The van der Waals surface area contributed by atoms with E-state index in [0.29, 0.717) is 40.5 Å². The minimum Gasteiger partial charge on any atom is -0.493 e. The second kappa shape index (κ2) is 6.91. The van der Waals surface area contributed by atoms with Crippen molar-refractivity contribution < 1.29 is 23.7 Å². The number of alkyl halides is 1. The van der Waals surface area contributed by atoms with E-state index in [0.717, 1.165) is 32.1 Å². The molecule has 1 aromatic carbocycles. The standard InChI is InChI=1S/C23H26ClNO5/c1-27-17-5-4-15(18(28-2)19(17)29-3)7-16-20(26)30-21(25-16)22-8-13-6-14(9-22)11-23(24,10-13)12-22/h4-5,7,13-14H,6,8-12H2,1-3H3/b16-7+. The summed E-state index contributed by atoms with van der Waals surface area (Å²) in [6.07, 6.45) is 7.93. The second-order valence-corrected chi connectivity index (χ2v) is 9.95. The van der Waals surface area contributed by atoms with Crippen LogP contribution in [0.15, 0.2) is 22.8 Å². The monoisotopic (exact) mass is 431 g/mol. The molecule has 6 rings (SSSR count). The molecular weight excluding hydrogens is 406 g/mol. The zero-order valence-corrected chi connectivity index (χ0v) is 18.3. The third-order valence-corrected chi connectivity index (χ3v) is 7.53. The summed E-state index contributed by atoms with van der Waals surface area (Å²) in [5.41, 5.74) is 0.736. The van der Waals surface area contributed by atoms with E-state index in [1.807, 2.05) is 6.07 Å². The number of ether oxygens (including phenoxy) is 4. The van der Waals surface area contributed by atoms with Crippen LogP contribution in [0.4, 0.5) is 0 Å². The van der Waals surface area contributed by atoms with Crippen LogP contribution >= 0.6 is 11.6 Å². The number of halogens is 1. The fourth-order valence-electron chi connectivity index (χ4n) is 6.42. The molecule has 2 unspecified atom stereocenters. The minimum absolute atomic E-state index is 0.169. The van der Waals surface area contributed by atoms with Gasteiger partial charge in [0.05, 0.1) is 21.3 Å². The number of hydrogen-bond acceptors (Lipinski definition) is 6. The lowest BCUT2D eigenvalue weighted by Crippen LogP contribution is -2.56. The van der Waals surface area contributed by atoms with Gasteiger partial charge in [-0.2, -0.15) is 0 Å². The predicted molar refractivity (Wildman–Crippen MR) is 113 cm³/mol. The Balaban J connectivity index is 1.52. The Kier molecular flexibility index (Phi) is 4.54. The molecule has 160 valence electrons. The summed E-state index contributed by atoms with van der Waals surface area (Å²) < 4.78 is 22.0. The highest BCUT2D eigenvalue weighted by Gasteiger charge is 2.60. The Morgan fingerprint density at radius 2 is 1.77 bits per heavy atom. The maximum atomic E-state index is 12.7. The van der Waals surface area contributed by atoms with E-state index in [4.69, 9.17) is 30.5 Å². The highest BCUT2D eigenvalue weighted by atomic mass is 35.5. The first-order chi connectivity index (χ1) is 14.4. The van der Waals surface area contributed by atoms with Crippen LogP contribution in [-0.4, -0.2) is 38.1 Å². The lowest BCUT2D eigenvalue weighted by atomic mass is 9.49. The van der Waals surface area contributed by atoms with Crippen molar-refractivity contribution in [2.24, 2.45) is 22.2 Å².